The minimum Gasteiger partial charge on any atom is -0.495 e. The van der Waals surface area contributed by atoms with Crippen LogP contribution in [0, 0.1) is 13.8 Å². The minimum atomic E-state index is -4.19. The summed E-state index contributed by atoms with van der Waals surface area (Å²) in [5, 5.41) is 3.22. The van der Waals surface area contributed by atoms with E-state index in [9.17, 15) is 13.2 Å². The predicted octanol–water partition coefficient (Wildman–Crippen LogP) is 5.13. The van der Waals surface area contributed by atoms with Crippen LogP contribution in [0.3, 0.4) is 0 Å². The molecule has 1 amide bonds. The van der Waals surface area contributed by atoms with Gasteiger partial charge in [-0.1, -0.05) is 59.1 Å². The lowest BCUT2D eigenvalue weighted by atomic mass is 10.1. The Balaban J connectivity index is 1.96. The lowest BCUT2D eigenvalue weighted by Gasteiger charge is -2.25. The molecule has 0 saturated heterocycles. The maximum absolute atomic E-state index is 13.7. The Morgan fingerprint density at radius 2 is 1.61 bits per heavy atom. The molecule has 6 nitrogen and oxygen atoms in total. The number of methoxy groups -OCH3 is 1. The van der Waals surface area contributed by atoms with Gasteiger partial charge in [0.15, 0.2) is 0 Å². The van der Waals surface area contributed by atoms with Crippen molar-refractivity contribution < 1.29 is 17.9 Å². The SMILES string of the molecule is COc1ccc(C)cc1S(=O)(=O)N(CC(=O)NCc1ccc(C)cc1)c1ccc(Cl)c(Cl)c1. The number of halogens is 2. The molecule has 0 fully saturated rings. The molecular weight excluding hydrogens is 483 g/mol. The van der Waals surface area contributed by atoms with Crippen LogP contribution >= 0.6 is 23.2 Å². The monoisotopic (exact) mass is 506 g/mol. The van der Waals surface area contributed by atoms with Crippen molar-refractivity contribution in [1.29, 1.82) is 0 Å². The molecule has 3 aromatic rings. The Morgan fingerprint density at radius 3 is 2.24 bits per heavy atom. The molecule has 0 spiro atoms. The predicted molar refractivity (Wildman–Crippen MR) is 132 cm³/mol. The van der Waals surface area contributed by atoms with Gasteiger partial charge < -0.3 is 10.1 Å². The fourth-order valence-electron chi connectivity index (χ4n) is 3.15. The number of sulfonamides is 1. The van der Waals surface area contributed by atoms with Gasteiger partial charge in [-0.15, -0.1) is 0 Å². The van der Waals surface area contributed by atoms with Gasteiger partial charge in [-0.25, -0.2) is 8.42 Å². The zero-order valence-corrected chi connectivity index (χ0v) is 20.8. The van der Waals surface area contributed by atoms with Crippen LogP contribution in [0.15, 0.2) is 65.6 Å². The van der Waals surface area contributed by atoms with Gasteiger partial charge in [0.05, 0.1) is 22.8 Å². The van der Waals surface area contributed by atoms with Crippen molar-refractivity contribution in [1.82, 2.24) is 5.32 Å². The smallest absolute Gasteiger partial charge is 0.268 e. The summed E-state index contributed by atoms with van der Waals surface area (Å²) in [6.07, 6.45) is 0. The van der Waals surface area contributed by atoms with Gasteiger partial charge in [-0.05, 0) is 55.3 Å². The summed E-state index contributed by atoms with van der Waals surface area (Å²) in [7, 11) is -2.80. The van der Waals surface area contributed by atoms with Gasteiger partial charge >= 0.3 is 0 Å². The van der Waals surface area contributed by atoms with E-state index < -0.39 is 22.5 Å². The highest BCUT2D eigenvalue weighted by molar-refractivity contribution is 7.93. The Hall–Kier alpha value is -2.74. The molecule has 33 heavy (non-hydrogen) atoms. The molecule has 3 aromatic carbocycles. The van der Waals surface area contributed by atoms with Crippen LogP contribution in [-0.4, -0.2) is 28.0 Å². The number of amides is 1. The molecular formula is C24H24Cl2N2O4S. The molecule has 3 rings (SSSR count). The summed E-state index contributed by atoms with van der Waals surface area (Å²) < 4.78 is 33.7. The average Bonchev–Trinajstić information content (AvgIpc) is 2.79. The quantitative estimate of drug-likeness (QED) is 0.459. The van der Waals surface area contributed by atoms with Crippen molar-refractivity contribution >= 4 is 44.8 Å². The standard InChI is InChI=1S/C24H24Cl2N2O4S/c1-16-4-7-18(8-5-16)14-27-24(29)15-28(19-9-10-20(25)21(26)13-19)33(30,31)23-12-17(2)6-11-22(23)32-3/h4-13H,14-15H2,1-3H3,(H,27,29). The van der Waals surface area contributed by atoms with Gasteiger partial charge in [0, 0.05) is 6.54 Å². The van der Waals surface area contributed by atoms with Gasteiger partial charge in [0.1, 0.15) is 17.2 Å². The summed E-state index contributed by atoms with van der Waals surface area (Å²) in [6, 6.07) is 16.9. The third-order valence-corrected chi connectivity index (χ3v) is 7.51. The molecule has 0 bridgehead atoms. The number of anilines is 1. The van der Waals surface area contributed by atoms with Crippen LogP contribution in [0.1, 0.15) is 16.7 Å². The maximum Gasteiger partial charge on any atom is 0.268 e. The zero-order valence-electron chi connectivity index (χ0n) is 18.4. The topological polar surface area (TPSA) is 75.7 Å². The normalized spacial score (nSPS) is 11.2. The van der Waals surface area contributed by atoms with Crippen molar-refractivity contribution in [3.05, 3.63) is 87.4 Å². The lowest BCUT2D eigenvalue weighted by molar-refractivity contribution is -0.119. The van der Waals surface area contributed by atoms with Crippen molar-refractivity contribution in [2.45, 2.75) is 25.3 Å². The number of ether oxygens (including phenoxy) is 1. The largest absolute Gasteiger partial charge is 0.495 e. The zero-order chi connectivity index (χ0) is 24.2. The molecule has 0 radical (unpaired) electrons. The van der Waals surface area contributed by atoms with Crippen LogP contribution < -0.4 is 14.4 Å². The third-order valence-electron chi connectivity index (χ3n) is 4.98. The summed E-state index contributed by atoms with van der Waals surface area (Å²) >= 11 is 12.2. The molecule has 9 heteroatoms. The second kappa shape index (κ2) is 10.5. The van der Waals surface area contributed by atoms with Gasteiger partial charge in [0.2, 0.25) is 5.91 Å². The third kappa shape index (κ3) is 5.99. The fraction of sp³-hybridized carbons (Fsp3) is 0.208. The summed E-state index contributed by atoms with van der Waals surface area (Å²) in [6.45, 7) is 3.56. The van der Waals surface area contributed by atoms with E-state index in [-0.39, 0.29) is 32.9 Å². The fourth-order valence-corrected chi connectivity index (χ4v) is 5.10. The molecule has 0 atom stereocenters. The number of hydrogen-bond acceptors (Lipinski definition) is 4. The summed E-state index contributed by atoms with van der Waals surface area (Å²) in [5.41, 5.74) is 2.94. The molecule has 0 saturated carbocycles. The second-order valence-electron chi connectivity index (χ2n) is 7.53. The van der Waals surface area contributed by atoms with Crippen LogP contribution in [0.2, 0.25) is 10.0 Å². The number of benzene rings is 3. The highest BCUT2D eigenvalue weighted by Crippen LogP contribution is 2.33. The number of hydrogen-bond donors (Lipinski definition) is 1. The van der Waals surface area contributed by atoms with Crippen molar-refractivity contribution in [3.63, 3.8) is 0 Å². The van der Waals surface area contributed by atoms with Crippen molar-refractivity contribution in [2.24, 2.45) is 0 Å². The Bertz CT molecular complexity index is 1260. The minimum absolute atomic E-state index is 0.0533. The molecule has 0 heterocycles. The average molecular weight is 507 g/mol. The number of nitrogens with one attached hydrogen (secondary N) is 1. The Morgan fingerprint density at radius 1 is 0.939 bits per heavy atom. The first-order valence-corrected chi connectivity index (χ1v) is 12.3. The van der Waals surface area contributed by atoms with E-state index in [2.05, 4.69) is 5.32 Å². The van der Waals surface area contributed by atoms with E-state index in [0.717, 1.165) is 21.0 Å². The van der Waals surface area contributed by atoms with E-state index in [0.29, 0.717) is 0 Å². The number of carbonyl (C=O) groups is 1. The molecule has 0 unspecified atom stereocenters. The van der Waals surface area contributed by atoms with Crippen molar-refractivity contribution in [3.8, 4) is 5.75 Å². The number of rotatable bonds is 8. The highest BCUT2D eigenvalue weighted by atomic mass is 35.5. The maximum atomic E-state index is 13.7. The van der Waals surface area contributed by atoms with Crippen LogP contribution in [0.4, 0.5) is 5.69 Å². The molecule has 0 aliphatic heterocycles. The number of carbonyl (C=O) groups excluding carboxylic acids is 1. The summed E-state index contributed by atoms with van der Waals surface area (Å²) in [4.78, 5) is 12.8. The van der Waals surface area contributed by atoms with E-state index in [1.54, 1.807) is 19.1 Å². The van der Waals surface area contributed by atoms with Crippen molar-refractivity contribution in [2.75, 3.05) is 18.0 Å². The molecule has 0 aromatic heterocycles. The van der Waals surface area contributed by atoms with Gasteiger partial charge in [-0.2, -0.15) is 0 Å². The first-order valence-electron chi connectivity index (χ1n) is 10.1. The van der Waals surface area contributed by atoms with Gasteiger partial charge in [0.25, 0.3) is 10.0 Å². The number of aryl methyl sites for hydroxylation is 2. The molecule has 0 aliphatic rings. The molecule has 174 valence electrons. The first kappa shape index (κ1) is 24.9. The Kier molecular flexibility index (Phi) is 7.89. The van der Waals surface area contributed by atoms with Crippen LogP contribution in [-0.2, 0) is 21.4 Å². The molecule has 0 aliphatic carbocycles. The van der Waals surface area contributed by atoms with Gasteiger partial charge in [-0.3, -0.25) is 9.10 Å². The first-order chi connectivity index (χ1) is 15.6. The number of nitrogens with zero attached hydrogens (tertiary/aromatic N) is 1. The van der Waals surface area contributed by atoms with E-state index >= 15 is 0 Å². The highest BCUT2D eigenvalue weighted by Gasteiger charge is 2.30. The lowest BCUT2D eigenvalue weighted by Crippen LogP contribution is -2.40. The van der Waals surface area contributed by atoms with E-state index in [4.69, 9.17) is 27.9 Å². The summed E-state index contributed by atoms with van der Waals surface area (Å²) in [5.74, 6) is -0.303. The second-order valence-corrected chi connectivity index (χ2v) is 10.2. The van der Waals surface area contributed by atoms with Crippen LogP contribution in [0.5, 0.6) is 5.75 Å². The molecule has 1 N–H and O–H groups in total. The Labute approximate surface area is 204 Å². The van der Waals surface area contributed by atoms with Crippen LogP contribution in [0.25, 0.3) is 0 Å². The van der Waals surface area contributed by atoms with E-state index in [1.807, 2.05) is 31.2 Å². The van der Waals surface area contributed by atoms with E-state index in [1.165, 1.54) is 31.4 Å².